The van der Waals surface area contributed by atoms with Crippen molar-refractivity contribution in [1.82, 2.24) is 20.3 Å². The lowest BCUT2D eigenvalue weighted by Gasteiger charge is -2.47. The highest BCUT2D eigenvalue weighted by Crippen LogP contribution is 2.48. The summed E-state index contributed by atoms with van der Waals surface area (Å²) in [6, 6.07) is 17.8. The molecule has 2 aliphatic rings. The molecule has 0 bridgehead atoms. The molecular formula is C29H32N4O3. The summed E-state index contributed by atoms with van der Waals surface area (Å²) in [5.41, 5.74) is 4.90. The standard InChI is InChI=1S/C29H32N4O3/c1-5-21-27(28(35)36-4)25(26-22(30-21)15-29(2,3)16-24(26)34)19-13-11-18(12-14-19)23-17-33(32-31-23)20-9-7-6-8-10-20/h6-14,17,22,25-26,30H,5,15-16H2,1-4H3. The van der Waals surface area contributed by atoms with Crippen molar-refractivity contribution >= 4 is 11.8 Å². The minimum Gasteiger partial charge on any atom is -0.466 e. The zero-order chi connectivity index (χ0) is 25.4. The number of methoxy groups -OCH3 is 1. The molecule has 36 heavy (non-hydrogen) atoms. The van der Waals surface area contributed by atoms with Crippen LogP contribution in [0.1, 0.15) is 51.5 Å². The number of ether oxygens (including phenoxy) is 1. The summed E-state index contributed by atoms with van der Waals surface area (Å²) in [6.07, 6.45) is 3.94. The van der Waals surface area contributed by atoms with E-state index in [0.29, 0.717) is 18.4 Å². The Morgan fingerprint density at radius 1 is 1.14 bits per heavy atom. The quantitative estimate of drug-likeness (QED) is 0.522. The Labute approximate surface area is 211 Å². The lowest BCUT2D eigenvalue weighted by Crippen LogP contribution is -2.54. The number of nitrogens with one attached hydrogen (secondary N) is 1. The van der Waals surface area contributed by atoms with Gasteiger partial charge in [-0.1, -0.05) is 68.4 Å². The number of fused-ring (bicyclic) bond motifs is 1. The van der Waals surface area contributed by atoms with Crippen LogP contribution in [-0.2, 0) is 14.3 Å². The zero-order valence-corrected chi connectivity index (χ0v) is 21.2. The molecule has 3 unspecified atom stereocenters. The normalized spacial score (nSPS) is 23.1. The summed E-state index contributed by atoms with van der Waals surface area (Å²) < 4.78 is 6.94. The van der Waals surface area contributed by atoms with E-state index in [1.54, 1.807) is 4.68 Å². The van der Waals surface area contributed by atoms with E-state index in [1.165, 1.54) is 7.11 Å². The van der Waals surface area contributed by atoms with E-state index < -0.39 is 0 Å². The monoisotopic (exact) mass is 484 g/mol. The molecule has 0 saturated heterocycles. The van der Waals surface area contributed by atoms with Crippen molar-refractivity contribution in [3.63, 3.8) is 0 Å². The van der Waals surface area contributed by atoms with E-state index in [9.17, 15) is 9.59 Å². The van der Waals surface area contributed by atoms with Crippen LogP contribution in [0, 0.1) is 11.3 Å². The molecule has 3 aromatic rings. The predicted molar refractivity (Wildman–Crippen MR) is 137 cm³/mol. The van der Waals surface area contributed by atoms with Gasteiger partial charge in [-0.15, -0.1) is 5.10 Å². The largest absolute Gasteiger partial charge is 0.466 e. The number of Topliss-reactive ketones (excluding diaryl/α,β-unsaturated/α-hetero) is 1. The second-order valence-electron chi connectivity index (χ2n) is 10.5. The first-order valence-corrected chi connectivity index (χ1v) is 12.5. The Kier molecular flexibility index (Phi) is 6.24. The fourth-order valence-electron chi connectivity index (χ4n) is 5.83. The fraction of sp³-hybridized carbons (Fsp3) is 0.379. The topological polar surface area (TPSA) is 86.1 Å². The number of allylic oxidation sites excluding steroid dienone is 1. The van der Waals surface area contributed by atoms with Gasteiger partial charge in [0.15, 0.2) is 0 Å². The van der Waals surface area contributed by atoms with Crippen LogP contribution in [0.4, 0.5) is 0 Å². The van der Waals surface area contributed by atoms with Gasteiger partial charge >= 0.3 is 5.97 Å². The average molecular weight is 485 g/mol. The van der Waals surface area contributed by atoms with Crippen LogP contribution >= 0.6 is 0 Å². The van der Waals surface area contributed by atoms with Gasteiger partial charge in [0, 0.05) is 35.6 Å². The van der Waals surface area contributed by atoms with Gasteiger partial charge in [0.25, 0.3) is 0 Å². The number of rotatable bonds is 5. The molecule has 1 N–H and O–H groups in total. The van der Waals surface area contributed by atoms with Gasteiger partial charge in [-0.2, -0.15) is 0 Å². The molecule has 3 atom stereocenters. The van der Waals surface area contributed by atoms with Crippen molar-refractivity contribution in [2.24, 2.45) is 11.3 Å². The van der Waals surface area contributed by atoms with Gasteiger partial charge in [-0.05, 0) is 36.0 Å². The molecule has 1 aliphatic carbocycles. The molecule has 7 heteroatoms. The number of para-hydroxylation sites is 1. The number of esters is 1. The molecule has 1 aliphatic heterocycles. The number of benzene rings is 2. The molecule has 7 nitrogen and oxygen atoms in total. The van der Waals surface area contributed by atoms with Crippen LogP contribution in [0.3, 0.4) is 0 Å². The molecule has 0 radical (unpaired) electrons. The van der Waals surface area contributed by atoms with E-state index in [2.05, 4.69) is 29.5 Å². The molecule has 2 heterocycles. The summed E-state index contributed by atoms with van der Waals surface area (Å²) >= 11 is 0. The lowest BCUT2D eigenvalue weighted by molar-refractivity contribution is -0.137. The van der Waals surface area contributed by atoms with Crippen LogP contribution in [0.15, 0.2) is 72.1 Å². The van der Waals surface area contributed by atoms with E-state index in [-0.39, 0.29) is 35.0 Å². The Balaban J connectivity index is 1.53. The van der Waals surface area contributed by atoms with Crippen molar-refractivity contribution in [3.05, 3.63) is 77.6 Å². The van der Waals surface area contributed by atoms with E-state index in [4.69, 9.17) is 4.74 Å². The third-order valence-corrected chi connectivity index (χ3v) is 7.42. The van der Waals surface area contributed by atoms with E-state index >= 15 is 0 Å². The Hall–Kier alpha value is -3.74. The van der Waals surface area contributed by atoms with Crippen LogP contribution < -0.4 is 5.32 Å². The number of hydrogen-bond donors (Lipinski definition) is 1. The Morgan fingerprint density at radius 3 is 2.53 bits per heavy atom. The highest BCUT2D eigenvalue weighted by atomic mass is 16.5. The zero-order valence-electron chi connectivity index (χ0n) is 21.2. The number of carbonyl (C=O) groups excluding carboxylic acids is 2. The SMILES string of the molecule is CCC1=C(C(=O)OC)C(c2ccc(-c3cn(-c4ccccc4)nn3)cc2)C2C(=O)CC(C)(C)CC2N1. The fourth-order valence-corrected chi connectivity index (χ4v) is 5.83. The summed E-state index contributed by atoms with van der Waals surface area (Å²) in [5, 5.41) is 12.2. The molecule has 186 valence electrons. The molecular weight excluding hydrogens is 452 g/mol. The van der Waals surface area contributed by atoms with Gasteiger partial charge in [0.2, 0.25) is 0 Å². The van der Waals surface area contributed by atoms with E-state index in [1.807, 2.05) is 67.7 Å². The first-order chi connectivity index (χ1) is 17.3. The van der Waals surface area contributed by atoms with Gasteiger partial charge in [0.05, 0.1) is 24.6 Å². The summed E-state index contributed by atoms with van der Waals surface area (Å²) in [5.74, 6) is -0.848. The molecule has 1 aromatic heterocycles. The number of aromatic nitrogens is 3. The van der Waals surface area contributed by atoms with Crippen LogP contribution in [-0.4, -0.2) is 39.9 Å². The number of hydrogen-bond acceptors (Lipinski definition) is 6. The van der Waals surface area contributed by atoms with Crippen molar-refractivity contribution < 1.29 is 14.3 Å². The molecule has 5 rings (SSSR count). The molecule has 1 fully saturated rings. The average Bonchev–Trinajstić information content (AvgIpc) is 3.37. The summed E-state index contributed by atoms with van der Waals surface area (Å²) in [7, 11) is 1.40. The number of ketones is 1. The van der Waals surface area contributed by atoms with Crippen molar-refractivity contribution in [2.75, 3.05) is 7.11 Å². The Morgan fingerprint density at radius 2 is 1.86 bits per heavy atom. The predicted octanol–water partition coefficient (Wildman–Crippen LogP) is 4.83. The molecule has 0 spiro atoms. The third-order valence-electron chi connectivity index (χ3n) is 7.42. The maximum atomic E-state index is 13.5. The molecule has 2 aromatic carbocycles. The first kappa shape index (κ1) is 24.0. The smallest absolute Gasteiger partial charge is 0.336 e. The van der Waals surface area contributed by atoms with Gasteiger partial charge in [0.1, 0.15) is 11.5 Å². The van der Waals surface area contributed by atoms with Gasteiger partial charge < -0.3 is 10.1 Å². The van der Waals surface area contributed by atoms with Crippen molar-refractivity contribution in [1.29, 1.82) is 0 Å². The summed E-state index contributed by atoms with van der Waals surface area (Å²) in [4.78, 5) is 26.5. The summed E-state index contributed by atoms with van der Waals surface area (Å²) in [6.45, 7) is 6.30. The second-order valence-corrected chi connectivity index (χ2v) is 10.5. The second kappa shape index (κ2) is 9.37. The molecule has 1 saturated carbocycles. The first-order valence-electron chi connectivity index (χ1n) is 12.5. The maximum absolute atomic E-state index is 13.5. The highest BCUT2D eigenvalue weighted by molar-refractivity contribution is 5.95. The molecule has 0 amide bonds. The number of nitrogens with zero attached hydrogens (tertiary/aromatic N) is 3. The minimum absolute atomic E-state index is 0.0138. The van der Waals surface area contributed by atoms with Crippen LogP contribution in [0.5, 0.6) is 0 Å². The van der Waals surface area contributed by atoms with Crippen molar-refractivity contribution in [3.8, 4) is 16.9 Å². The Bertz CT molecular complexity index is 1310. The van der Waals surface area contributed by atoms with Gasteiger partial charge in [-0.3, -0.25) is 4.79 Å². The minimum atomic E-state index is -0.379. The van der Waals surface area contributed by atoms with Crippen LogP contribution in [0.2, 0.25) is 0 Å². The highest BCUT2D eigenvalue weighted by Gasteiger charge is 2.50. The van der Waals surface area contributed by atoms with Crippen molar-refractivity contribution in [2.45, 2.75) is 52.0 Å². The lowest BCUT2D eigenvalue weighted by atomic mass is 9.61. The number of carbonyl (C=O) groups is 2. The van der Waals surface area contributed by atoms with Crippen LogP contribution in [0.25, 0.3) is 16.9 Å². The van der Waals surface area contributed by atoms with E-state index in [0.717, 1.165) is 34.6 Å². The van der Waals surface area contributed by atoms with Gasteiger partial charge in [-0.25, -0.2) is 9.48 Å². The third kappa shape index (κ3) is 4.34. The maximum Gasteiger partial charge on any atom is 0.336 e.